The number of nitrogens with two attached hydrogens (primary N) is 1. The van der Waals surface area contributed by atoms with E-state index in [0.29, 0.717) is 18.5 Å². The van der Waals surface area contributed by atoms with E-state index in [0.717, 1.165) is 37.1 Å². The summed E-state index contributed by atoms with van der Waals surface area (Å²) >= 11 is 0. The van der Waals surface area contributed by atoms with Gasteiger partial charge in [-0.25, -0.2) is 4.79 Å². The lowest BCUT2D eigenvalue weighted by molar-refractivity contribution is 0.205. The maximum Gasteiger partial charge on any atom is 0.322 e. The molecule has 1 aromatic rings. The van der Waals surface area contributed by atoms with Crippen molar-refractivity contribution < 1.29 is 4.79 Å². The van der Waals surface area contributed by atoms with E-state index in [1.165, 1.54) is 0 Å². The molecule has 4 nitrogen and oxygen atoms in total. The SMILES string of the molecule is CC(C)CCN(C(=O)Nc1ccc(CN)cc1)C1CC1. The normalized spacial score (nSPS) is 14.4. The minimum absolute atomic E-state index is 0.0219. The maximum atomic E-state index is 12.4. The topological polar surface area (TPSA) is 58.4 Å². The summed E-state index contributed by atoms with van der Waals surface area (Å²) in [5.74, 6) is 0.618. The van der Waals surface area contributed by atoms with Crippen molar-refractivity contribution in [1.29, 1.82) is 0 Å². The predicted molar refractivity (Wildman–Crippen MR) is 82.5 cm³/mol. The molecule has 0 spiro atoms. The van der Waals surface area contributed by atoms with Crippen LogP contribution in [0.15, 0.2) is 24.3 Å². The monoisotopic (exact) mass is 275 g/mol. The summed E-state index contributed by atoms with van der Waals surface area (Å²) in [5.41, 5.74) is 7.48. The summed E-state index contributed by atoms with van der Waals surface area (Å²) in [6.07, 6.45) is 3.32. The van der Waals surface area contributed by atoms with Gasteiger partial charge in [0, 0.05) is 24.8 Å². The molecule has 2 amide bonds. The number of hydrogen-bond donors (Lipinski definition) is 2. The standard InChI is InChI=1S/C16H25N3O/c1-12(2)9-10-19(15-7-8-15)16(20)18-14-5-3-13(11-17)4-6-14/h3-6,12,15H,7-11,17H2,1-2H3,(H,18,20). The van der Waals surface area contributed by atoms with E-state index in [4.69, 9.17) is 5.73 Å². The molecule has 0 aromatic heterocycles. The summed E-state index contributed by atoms with van der Waals surface area (Å²) in [5, 5.41) is 2.98. The molecule has 110 valence electrons. The van der Waals surface area contributed by atoms with Crippen LogP contribution in [0.25, 0.3) is 0 Å². The van der Waals surface area contributed by atoms with E-state index < -0.39 is 0 Å². The summed E-state index contributed by atoms with van der Waals surface area (Å²) < 4.78 is 0. The highest BCUT2D eigenvalue weighted by Crippen LogP contribution is 2.28. The largest absolute Gasteiger partial charge is 0.326 e. The van der Waals surface area contributed by atoms with E-state index in [9.17, 15) is 4.79 Å². The van der Waals surface area contributed by atoms with Crippen molar-refractivity contribution >= 4 is 11.7 Å². The van der Waals surface area contributed by atoms with Crippen molar-refractivity contribution in [2.75, 3.05) is 11.9 Å². The highest BCUT2D eigenvalue weighted by atomic mass is 16.2. The van der Waals surface area contributed by atoms with Gasteiger partial charge in [0.05, 0.1) is 0 Å². The van der Waals surface area contributed by atoms with Crippen LogP contribution in [-0.4, -0.2) is 23.5 Å². The van der Waals surface area contributed by atoms with Crippen molar-refractivity contribution in [3.8, 4) is 0 Å². The molecular weight excluding hydrogens is 250 g/mol. The van der Waals surface area contributed by atoms with Crippen molar-refractivity contribution in [2.24, 2.45) is 11.7 Å². The molecule has 0 atom stereocenters. The number of carbonyl (C=O) groups is 1. The number of hydrogen-bond acceptors (Lipinski definition) is 2. The number of nitrogens with zero attached hydrogens (tertiary/aromatic N) is 1. The van der Waals surface area contributed by atoms with Gasteiger partial charge >= 0.3 is 6.03 Å². The zero-order valence-electron chi connectivity index (χ0n) is 12.4. The Morgan fingerprint density at radius 3 is 2.50 bits per heavy atom. The number of rotatable bonds is 6. The van der Waals surface area contributed by atoms with Crippen molar-refractivity contribution in [3.63, 3.8) is 0 Å². The maximum absolute atomic E-state index is 12.4. The van der Waals surface area contributed by atoms with Gasteiger partial charge in [0.25, 0.3) is 0 Å². The van der Waals surface area contributed by atoms with Gasteiger partial charge in [-0.2, -0.15) is 0 Å². The molecule has 3 N–H and O–H groups in total. The Kier molecular flexibility index (Phi) is 5.01. The molecule has 0 unspecified atom stereocenters. The summed E-state index contributed by atoms with van der Waals surface area (Å²) in [7, 11) is 0. The Bertz CT molecular complexity index is 438. The smallest absolute Gasteiger partial charge is 0.322 e. The summed E-state index contributed by atoms with van der Waals surface area (Å²) in [6, 6.07) is 8.18. The van der Waals surface area contributed by atoms with Crippen LogP contribution in [0.1, 0.15) is 38.7 Å². The number of carbonyl (C=O) groups excluding carboxylic acids is 1. The van der Waals surface area contributed by atoms with Gasteiger partial charge in [-0.1, -0.05) is 26.0 Å². The van der Waals surface area contributed by atoms with Gasteiger partial charge in [0.2, 0.25) is 0 Å². The lowest BCUT2D eigenvalue weighted by Gasteiger charge is -2.23. The second kappa shape index (κ2) is 6.75. The fourth-order valence-electron chi connectivity index (χ4n) is 2.15. The second-order valence-corrected chi connectivity index (χ2v) is 5.94. The Morgan fingerprint density at radius 1 is 1.35 bits per heavy atom. The number of benzene rings is 1. The molecule has 1 aliphatic rings. The summed E-state index contributed by atoms with van der Waals surface area (Å²) in [6.45, 7) is 5.74. The number of urea groups is 1. The van der Waals surface area contributed by atoms with Gasteiger partial charge in [0.15, 0.2) is 0 Å². The highest BCUT2D eigenvalue weighted by Gasteiger charge is 2.32. The van der Waals surface area contributed by atoms with Crippen LogP contribution in [-0.2, 0) is 6.54 Å². The fraction of sp³-hybridized carbons (Fsp3) is 0.562. The molecule has 0 heterocycles. The second-order valence-electron chi connectivity index (χ2n) is 5.94. The predicted octanol–water partition coefficient (Wildman–Crippen LogP) is 3.19. The molecular formula is C16H25N3O. The van der Waals surface area contributed by atoms with Crippen LogP contribution >= 0.6 is 0 Å². The molecule has 0 radical (unpaired) electrons. The number of nitrogens with one attached hydrogen (secondary N) is 1. The zero-order valence-corrected chi connectivity index (χ0v) is 12.4. The molecule has 1 aromatic carbocycles. The molecule has 1 aliphatic carbocycles. The Labute approximate surface area is 121 Å². The molecule has 2 rings (SSSR count). The van der Waals surface area contributed by atoms with E-state index in [1.807, 2.05) is 29.2 Å². The quantitative estimate of drug-likeness (QED) is 0.837. The molecule has 4 heteroatoms. The molecule has 0 bridgehead atoms. The van der Waals surface area contributed by atoms with Crippen LogP contribution < -0.4 is 11.1 Å². The van der Waals surface area contributed by atoms with Crippen molar-refractivity contribution in [2.45, 2.75) is 45.7 Å². The van der Waals surface area contributed by atoms with Gasteiger partial charge in [0.1, 0.15) is 0 Å². The first-order chi connectivity index (χ1) is 9.60. The van der Waals surface area contributed by atoms with Gasteiger partial charge < -0.3 is 16.0 Å². The van der Waals surface area contributed by atoms with Gasteiger partial charge in [-0.3, -0.25) is 0 Å². The third-order valence-corrected chi connectivity index (χ3v) is 3.64. The van der Waals surface area contributed by atoms with Crippen LogP contribution in [0.3, 0.4) is 0 Å². The van der Waals surface area contributed by atoms with Crippen LogP contribution in [0.2, 0.25) is 0 Å². The number of anilines is 1. The first kappa shape index (κ1) is 14.9. The Hall–Kier alpha value is -1.55. The van der Waals surface area contributed by atoms with E-state index in [1.54, 1.807) is 0 Å². The Balaban J connectivity index is 1.93. The molecule has 20 heavy (non-hydrogen) atoms. The van der Waals surface area contributed by atoms with Crippen LogP contribution in [0, 0.1) is 5.92 Å². The van der Waals surface area contributed by atoms with E-state index in [2.05, 4.69) is 19.2 Å². The first-order valence-electron chi connectivity index (χ1n) is 7.46. The van der Waals surface area contributed by atoms with E-state index >= 15 is 0 Å². The van der Waals surface area contributed by atoms with Crippen molar-refractivity contribution in [1.82, 2.24) is 4.90 Å². The first-order valence-corrected chi connectivity index (χ1v) is 7.46. The number of amides is 2. The van der Waals surface area contributed by atoms with Crippen LogP contribution in [0.5, 0.6) is 0 Å². The molecule has 1 fully saturated rings. The lowest BCUT2D eigenvalue weighted by Crippen LogP contribution is -2.37. The third-order valence-electron chi connectivity index (χ3n) is 3.64. The average Bonchev–Trinajstić information content (AvgIpc) is 3.24. The van der Waals surface area contributed by atoms with Gasteiger partial charge in [-0.15, -0.1) is 0 Å². The minimum Gasteiger partial charge on any atom is -0.326 e. The molecule has 0 aliphatic heterocycles. The summed E-state index contributed by atoms with van der Waals surface area (Å²) in [4.78, 5) is 14.3. The average molecular weight is 275 g/mol. The third kappa shape index (κ3) is 4.23. The minimum atomic E-state index is 0.0219. The molecule has 1 saturated carbocycles. The lowest BCUT2D eigenvalue weighted by atomic mass is 10.1. The Morgan fingerprint density at radius 2 is 2.00 bits per heavy atom. The van der Waals surface area contributed by atoms with E-state index in [-0.39, 0.29) is 6.03 Å². The fourth-order valence-corrected chi connectivity index (χ4v) is 2.15. The zero-order chi connectivity index (χ0) is 14.5. The van der Waals surface area contributed by atoms with Crippen LogP contribution in [0.4, 0.5) is 10.5 Å². The van der Waals surface area contributed by atoms with Crippen molar-refractivity contribution in [3.05, 3.63) is 29.8 Å². The highest BCUT2D eigenvalue weighted by molar-refractivity contribution is 5.89. The van der Waals surface area contributed by atoms with Gasteiger partial charge in [-0.05, 0) is 42.9 Å². The molecule has 0 saturated heterocycles.